The van der Waals surface area contributed by atoms with Crippen molar-refractivity contribution in [1.82, 2.24) is 4.98 Å². The average Bonchev–Trinajstić information content (AvgIpc) is 3.07. The molecule has 1 N–H and O–H groups in total. The van der Waals surface area contributed by atoms with E-state index in [-0.39, 0.29) is 35.5 Å². The topological polar surface area (TPSA) is 70.5 Å². The van der Waals surface area contributed by atoms with Crippen LogP contribution in [0.15, 0.2) is 41.3 Å². The first-order chi connectivity index (χ1) is 13.4. The van der Waals surface area contributed by atoms with E-state index in [2.05, 4.69) is 4.98 Å². The van der Waals surface area contributed by atoms with Crippen molar-refractivity contribution in [2.75, 3.05) is 11.2 Å². The maximum atomic E-state index is 14.0. The van der Waals surface area contributed by atoms with Crippen LogP contribution in [0.2, 0.25) is 0 Å². The molecule has 1 amide bonds. The SMILES string of the molecule is CSc1cccc(N(Cc2nc3cc(F)cc(F)c3s2)C(=O)CCC(=O)O)c1. The molecule has 0 aliphatic rings. The fourth-order valence-electron chi connectivity index (χ4n) is 2.66. The van der Waals surface area contributed by atoms with Crippen LogP contribution in [0.4, 0.5) is 14.5 Å². The summed E-state index contributed by atoms with van der Waals surface area (Å²) in [6.45, 7) is 0.0384. The number of carboxylic acids is 1. The molecule has 5 nitrogen and oxygen atoms in total. The third-order valence-corrected chi connectivity index (χ3v) is 5.76. The second kappa shape index (κ2) is 8.66. The summed E-state index contributed by atoms with van der Waals surface area (Å²) in [5.74, 6) is -2.87. The van der Waals surface area contributed by atoms with Gasteiger partial charge in [0.25, 0.3) is 0 Å². The molecule has 0 spiro atoms. The number of carbonyl (C=O) groups excluding carboxylic acids is 1. The van der Waals surface area contributed by atoms with E-state index in [9.17, 15) is 18.4 Å². The molecule has 0 saturated carbocycles. The molecule has 0 fully saturated rings. The molecule has 0 atom stereocenters. The number of hydrogen-bond acceptors (Lipinski definition) is 5. The molecule has 1 heterocycles. The number of hydrogen-bond donors (Lipinski definition) is 1. The quantitative estimate of drug-likeness (QED) is 0.559. The van der Waals surface area contributed by atoms with Crippen LogP contribution < -0.4 is 4.90 Å². The Kier molecular flexibility index (Phi) is 6.25. The van der Waals surface area contributed by atoms with Gasteiger partial charge in [-0.3, -0.25) is 9.59 Å². The van der Waals surface area contributed by atoms with E-state index in [1.807, 2.05) is 18.4 Å². The van der Waals surface area contributed by atoms with Crippen LogP contribution in [0.5, 0.6) is 0 Å². The van der Waals surface area contributed by atoms with Gasteiger partial charge >= 0.3 is 5.97 Å². The van der Waals surface area contributed by atoms with Crippen LogP contribution in [-0.2, 0) is 16.1 Å². The Morgan fingerprint density at radius 2 is 2.00 bits per heavy atom. The van der Waals surface area contributed by atoms with Crippen molar-refractivity contribution in [3.63, 3.8) is 0 Å². The second-order valence-electron chi connectivity index (χ2n) is 5.92. The lowest BCUT2D eigenvalue weighted by molar-refractivity contribution is -0.138. The van der Waals surface area contributed by atoms with Crippen LogP contribution in [0.3, 0.4) is 0 Å². The van der Waals surface area contributed by atoms with Gasteiger partial charge in [0.05, 0.1) is 23.2 Å². The van der Waals surface area contributed by atoms with Crippen molar-refractivity contribution in [2.24, 2.45) is 0 Å². The van der Waals surface area contributed by atoms with Gasteiger partial charge in [-0.15, -0.1) is 23.1 Å². The summed E-state index contributed by atoms with van der Waals surface area (Å²) in [5, 5.41) is 9.31. The zero-order chi connectivity index (χ0) is 20.3. The number of aromatic nitrogens is 1. The number of thiazole rings is 1. The predicted octanol–water partition coefficient (Wildman–Crippen LogP) is 4.69. The molecule has 28 heavy (non-hydrogen) atoms. The lowest BCUT2D eigenvalue weighted by Gasteiger charge is -2.22. The molecule has 0 bridgehead atoms. The van der Waals surface area contributed by atoms with Crippen LogP contribution in [0.25, 0.3) is 10.2 Å². The number of carbonyl (C=O) groups is 2. The highest BCUT2D eigenvalue weighted by atomic mass is 32.2. The summed E-state index contributed by atoms with van der Waals surface area (Å²) >= 11 is 2.55. The number of benzene rings is 2. The smallest absolute Gasteiger partial charge is 0.303 e. The second-order valence-corrected chi connectivity index (χ2v) is 7.88. The highest BCUT2D eigenvalue weighted by Crippen LogP contribution is 2.29. The lowest BCUT2D eigenvalue weighted by Crippen LogP contribution is -2.30. The summed E-state index contributed by atoms with van der Waals surface area (Å²) < 4.78 is 27.6. The highest BCUT2D eigenvalue weighted by Gasteiger charge is 2.20. The fourth-order valence-corrected chi connectivity index (χ4v) is 4.05. The first-order valence-electron chi connectivity index (χ1n) is 8.28. The summed E-state index contributed by atoms with van der Waals surface area (Å²) in [6, 6.07) is 9.18. The number of anilines is 1. The van der Waals surface area contributed by atoms with Crippen molar-refractivity contribution in [1.29, 1.82) is 0 Å². The van der Waals surface area contributed by atoms with Gasteiger partial charge in [0.2, 0.25) is 5.91 Å². The normalized spacial score (nSPS) is 11.0. The highest BCUT2D eigenvalue weighted by molar-refractivity contribution is 7.98. The Morgan fingerprint density at radius 1 is 1.21 bits per heavy atom. The summed E-state index contributed by atoms with van der Waals surface area (Å²) in [7, 11) is 0. The predicted molar refractivity (Wildman–Crippen MR) is 106 cm³/mol. The number of rotatable bonds is 7. The maximum absolute atomic E-state index is 14.0. The number of amides is 1. The summed E-state index contributed by atoms with van der Waals surface area (Å²) in [6.07, 6.45) is 1.44. The zero-order valence-electron chi connectivity index (χ0n) is 14.8. The van der Waals surface area contributed by atoms with Gasteiger partial charge in [-0.05, 0) is 24.5 Å². The number of nitrogens with zero attached hydrogens (tertiary/aromatic N) is 2. The number of thioether (sulfide) groups is 1. The van der Waals surface area contributed by atoms with Crippen molar-refractivity contribution >= 4 is 50.9 Å². The van der Waals surface area contributed by atoms with E-state index in [4.69, 9.17) is 5.11 Å². The Hall–Kier alpha value is -2.52. The minimum Gasteiger partial charge on any atom is -0.481 e. The standard InChI is InChI=1S/C19H16F2N2O3S2/c1-27-13-4-2-3-12(9-13)23(17(24)5-6-18(25)26)10-16-22-15-8-11(20)7-14(21)19(15)28-16/h2-4,7-9H,5-6,10H2,1H3,(H,25,26). The summed E-state index contributed by atoms with van der Waals surface area (Å²) in [5.41, 5.74) is 0.779. The number of fused-ring (bicyclic) bond motifs is 1. The van der Waals surface area contributed by atoms with Gasteiger partial charge in [-0.25, -0.2) is 13.8 Å². The molecule has 3 rings (SSSR count). The number of aliphatic carboxylic acids is 1. The number of halogens is 2. The monoisotopic (exact) mass is 422 g/mol. The first-order valence-corrected chi connectivity index (χ1v) is 10.3. The van der Waals surface area contributed by atoms with Crippen molar-refractivity contribution in [3.8, 4) is 0 Å². The minimum absolute atomic E-state index is 0.0384. The molecule has 9 heteroatoms. The molecular formula is C19H16F2N2O3S2. The van der Waals surface area contributed by atoms with E-state index in [1.54, 1.807) is 12.1 Å². The lowest BCUT2D eigenvalue weighted by atomic mass is 10.2. The molecule has 1 aromatic heterocycles. The molecule has 3 aromatic rings. The molecule has 0 unspecified atom stereocenters. The van der Waals surface area contributed by atoms with Gasteiger partial charge in [-0.2, -0.15) is 0 Å². The van der Waals surface area contributed by atoms with E-state index >= 15 is 0 Å². The van der Waals surface area contributed by atoms with E-state index in [0.717, 1.165) is 28.4 Å². The Morgan fingerprint density at radius 3 is 2.71 bits per heavy atom. The molecule has 146 valence electrons. The van der Waals surface area contributed by atoms with E-state index in [1.165, 1.54) is 16.7 Å². The van der Waals surface area contributed by atoms with Gasteiger partial charge in [0, 0.05) is 29.1 Å². The zero-order valence-corrected chi connectivity index (χ0v) is 16.4. The first kappa shape index (κ1) is 20.2. The van der Waals surface area contributed by atoms with Crippen LogP contribution in [0.1, 0.15) is 17.8 Å². The molecule has 0 radical (unpaired) electrons. The van der Waals surface area contributed by atoms with Gasteiger partial charge in [0.1, 0.15) is 16.6 Å². The van der Waals surface area contributed by atoms with Gasteiger partial charge < -0.3 is 10.0 Å². The van der Waals surface area contributed by atoms with Gasteiger partial charge in [-0.1, -0.05) is 6.07 Å². The third-order valence-electron chi connectivity index (χ3n) is 3.97. The van der Waals surface area contributed by atoms with Crippen molar-refractivity contribution in [3.05, 3.63) is 53.0 Å². The van der Waals surface area contributed by atoms with Crippen LogP contribution >= 0.6 is 23.1 Å². The van der Waals surface area contributed by atoms with E-state index < -0.39 is 17.6 Å². The summed E-state index contributed by atoms with van der Waals surface area (Å²) in [4.78, 5) is 30.1. The van der Waals surface area contributed by atoms with Crippen LogP contribution in [-0.4, -0.2) is 28.2 Å². The largest absolute Gasteiger partial charge is 0.481 e. The Bertz CT molecular complexity index is 1040. The fraction of sp³-hybridized carbons (Fsp3) is 0.211. The molecule has 0 aliphatic heterocycles. The van der Waals surface area contributed by atoms with Gasteiger partial charge in [0.15, 0.2) is 0 Å². The average molecular weight is 422 g/mol. The molecule has 0 aliphatic carbocycles. The van der Waals surface area contributed by atoms with Crippen molar-refractivity contribution in [2.45, 2.75) is 24.3 Å². The minimum atomic E-state index is -1.07. The maximum Gasteiger partial charge on any atom is 0.303 e. The Balaban J connectivity index is 1.95. The molecule has 2 aromatic carbocycles. The van der Waals surface area contributed by atoms with Crippen LogP contribution in [0, 0.1) is 11.6 Å². The van der Waals surface area contributed by atoms with Crippen molar-refractivity contribution < 1.29 is 23.5 Å². The Labute approximate surface area is 168 Å². The molecular weight excluding hydrogens is 406 g/mol. The van der Waals surface area contributed by atoms with E-state index in [0.29, 0.717) is 10.7 Å². The number of carboxylic acid groups (broad SMARTS) is 1. The third kappa shape index (κ3) is 4.66. The molecule has 0 saturated heterocycles.